The molecule has 1 aliphatic heterocycles. The number of hydrogen-bond acceptors (Lipinski definition) is 6. The minimum Gasteiger partial charge on any atom is -0.383 e. The summed E-state index contributed by atoms with van der Waals surface area (Å²) >= 11 is 0. The second kappa shape index (κ2) is 4.52. The molecule has 1 saturated heterocycles. The SMILES string of the molecule is Nc1[nH]ncc1S(=O)(=O)N1CCCS(=O)(=O)CC1. The van der Waals surface area contributed by atoms with E-state index in [-0.39, 0.29) is 35.3 Å². The van der Waals surface area contributed by atoms with E-state index in [4.69, 9.17) is 5.73 Å². The van der Waals surface area contributed by atoms with Gasteiger partial charge in [0.1, 0.15) is 10.7 Å². The van der Waals surface area contributed by atoms with Crippen LogP contribution >= 0.6 is 0 Å². The van der Waals surface area contributed by atoms with Crippen molar-refractivity contribution in [3.05, 3.63) is 6.20 Å². The molecule has 0 spiro atoms. The highest BCUT2D eigenvalue weighted by atomic mass is 32.2. The van der Waals surface area contributed by atoms with Gasteiger partial charge in [0.25, 0.3) is 0 Å². The van der Waals surface area contributed by atoms with Crippen molar-refractivity contribution in [2.24, 2.45) is 0 Å². The Morgan fingerprint density at radius 1 is 1.33 bits per heavy atom. The lowest BCUT2D eigenvalue weighted by molar-refractivity contribution is 0.435. The fourth-order valence-electron chi connectivity index (χ4n) is 1.79. The van der Waals surface area contributed by atoms with Gasteiger partial charge in [0.05, 0.1) is 17.7 Å². The van der Waals surface area contributed by atoms with Gasteiger partial charge >= 0.3 is 0 Å². The molecule has 0 unspecified atom stereocenters. The minimum absolute atomic E-state index is 0.0138. The molecule has 10 heteroatoms. The zero-order valence-electron chi connectivity index (χ0n) is 9.53. The van der Waals surface area contributed by atoms with Crippen LogP contribution in [0.1, 0.15) is 6.42 Å². The number of rotatable bonds is 2. The molecule has 8 nitrogen and oxygen atoms in total. The molecule has 1 aromatic rings. The molecule has 0 aliphatic carbocycles. The Morgan fingerprint density at radius 3 is 2.67 bits per heavy atom. The number of sulfonamides is 1. The number of aromatic amines is 1. The summed E-state index contributed by atoms with van der Waals surface area (Å²) in [4.78, 5) is -0.109. The standard InChI is InChI=1S/C8H14N4O4S2/c9-8-7(6-10-11-8)18(15,16)12-2-1-4-17(13,14)5-3-12/h6H,1-5H2,(H3,9,10,11). The molecule has 3 N–H and O–H groups in total. The largest absolute Gasteiger partial charge is 0.383 e. The Hall–Kier alpha value is -1.13. The number of nitrogens with zero attached hydrogens (tertiary/aromatic N) is 2. The molecule has 2 rings (SSSR count). The summed E-state index contributed by atoms with van der Waals surface area (Å²) in [5.41, 5.74) is 5.48. The normalized spacial score (nSPS) is 21.6. The number of aromatic nitrogens is 2. The summed E-state index contributed by atoms with van der Waals surface area (Å²) in [5, 5.41) is 5.91. The van der Waals surface area contributed by atoms with Crippen molar-refractivity contribution in [3.8, 4) is 0 Å². The highest BCUT2D eigenvalue weighted by Gasteiger charge is 2.31. The topological polar surface area (TPSA) is 126 Å². The first-order chi connectivity index (χ1) is 8.33. The van der Waals surface area contributed by atoms with Crippen LogP contribution in [0.15, 0.2) is 11.1 Å². The van der Waals surface area contributed by atoms with Crippen LogP contribution in [-0.2, 0) is 19.9 Å². The number of anilines is 1. The summed E-state index contributed by atoms with van der Waals surface area (Å²) in [6, 6.07) is 0. The van der Waals surface area contributed by atoms with E-state index in [0.29, 0.717) is 6.42 Å². The van der Waals surface area contributed by atoms with E-state index in [1.165, 1.54) is 0 Å². The van der Waals surface area contributed by atoms with Gasteiger partial charge in [-0.15, -0.1) is 0 Å². The third-order valence-electron chi connectivity index (χ3n) is 2.76. The Morgan fingerprint density at radius 2 is 2.06 bits per heavy atom. The zero-order chi connectivity index (χ0) is 13.4. The summed E-state index contributed by atoms with van der Waals surface area (Å²) < 4.78 is 48.4. The van der Waals surface area contributed by atoms with Crippen molar-refractivity contribution in [1.29, 1.82) is 0 Å². The molecule has 0 saturated carbocycles. The average molecular weight is 294 g/mol. The molecule has 0 aromatic carbocycles. The predicted octanol–water partition coefficient (Wildman–Crippen LogP) is -1.20. The molecule has 0 amide bonds. The fraction of sp³-hybridized carbons (Fsp3) is 0.625. The van der Waals surface area contributed by atoms with Gasteiger partial charge in [-0.3, -0.25) is 5.10 Å². The van der Waals surface area contributed by atoms with E-state index >= 15 is 0 Å². The van der Waals surface area contributed by atoms with Gasteiger partial charge in [0.2, 0.25) is 10.0 Å². The third-order valence-corrected chi connectivity index (χ3v) is 6.41. The monoisotopic (exact) mass is 294 g/mol. The van der Waals surface area contributed by atoms with Crippen molar-refractivity contribution < 1.29 is 16.8 Å². The second-order valence-electron chi connectivity index (χ2n) is 4.06. The number of nitrogens with two attached hydrogens (primary N) is 1. The molecule has 18 heavy (non-hydrogen) atoms. The van der Waals surface area contributed by atoms with Crippen LogP contribution < -0.4 is 5.73 Å². The summed E-state index contributed by atoms with van der Waals surface area (Å²) in [6.07, 6.45) is 1.42. The molecule has 0 bridgehead atoms. The lowest BCUT2D eigenvalue weighted by Gasteiger charge is -2.18. The molecule has 1 aromatic heterocycles. The molecule has 102 valence electrons. The average Bonchev–Trinajstić information content (AvgIpc) is 2.60. The summed E-state index contributed by atoms with van der Waals surface area (Å²) in [6.45, 7) is 0.126. The summed E-state index contributed by atoms with van der Waals surface area (Å²) in [7, 11) is -6.92. The lowest BCUT2D eigenvalue weighted by Crippen LogP contribution is -2.33. The predicted molar refractivity (Wildman–Crippen MR) is 65.0 cm³/mol. The van der Waals surface area contributed by atoms with E-state index in [9.17, 15) is 16.8 Å². The van der Waals surface area contributed by atoms with E-state index < -0.39 is 19.9 Å². The maximum Gasteiger partial charge on any atom is 0.248 e. The molecule has 1 aliphatic rings. The maximum atomic E-state index is 12.2. The number of nitrogens with one attached hydrogen (secondary N) is 1. The van der Waals surface area contributed by atoms with Crippen LogP contribution in [0, 0.1) is 0 Å². The Bertz CT molecular complexity index is 634. The minimum atomic E-state index is -3.77. The number of sulfone groups is 1. The molecule has 0 atom stereocenters. The molecule has 1 fully saturated rings. The maximum absolute atomic E-state index is 12.2. The van der Waals surface area contributed by atoms with Crippen LogP contribution in [-0.4, -0.2) is 55.9 Å². The van der Waals surface area contributed by atoms with Gasteiger partial charge < -0.3 is 5.73 Å². The first-order valence-electron chi connectivity index (χ1n) is 5.32. The van der Waals surface area contributed by atoms with Crippen molar-refractivity contribution in [3.63, 3.8) is 0 Å². The van der Waals surface area contributed by atoms with Gasteiger partial charge in [-0.05, 0) is 6.42 Å². The van der Waals surface area contributed by atoms with E-state index in [2.05, 4.69) is 10.2 Å². The molecule has 2 heterocycles. The first-order valence-corrected chi connectivity index (χ1v) is 8.58. The number of H-pyrrole nitrogens is 1. The smallest absolute Gasteiger partial charge is 0.248 e. The van der Waals surface area contributed by atoms with Crippen molar-refractivity contribution >= 4 is 25.7 Å². The lowest BCUT2D eigenvalue weighted by atomic mass is 10.5. The van der Waals surface area contributed by atoms with Gasteiger partial charge in [0.15, 0.2) is 9.84 Å². The highest BCUT2D eigenvalue weighted by Crippen LogP contribution is 2.21. The van der Waals surface area contributed by atoms with Gasteiger partial charge in [-0.25, -0.2) is 16.8 Å². The van der Waals surface area contributed by atoms with Crippen LogP contribution in [0.4, 0.5) is 5.82 Å². The number of hydrogen-bond donors (Lipinski definition) is 2. The van der Waals surface area contributed by atoms with Crippen molar-refractivity contribution in [2.75, 3.05) is 30.3 Å². The van der Waals surface area contributed by atoms with Gasteiger partial charge in [-0.1, -0.05) is 0 Å². The van der Waals surface area contributed by atoms with Crippen LogP contribution in [0.2, 0.25) is 0 Å². The molecule has 0 radical (unpaired) electrons. The van der Waals surface area contributed by atoms with Gasteiger partial charge in [-0.2, -0.15) is 9.40 Å². The Labute approximate surface area is 105 Å². The molecular formula is C8H14N4O4S2. The number of nitrogen functional groups attached to an aromatic ring is 1. The highest BCUT2D eigenvalue weighted by molar-refractivity contribution is 7.91. The van der Waals surface area contributed by atoms with Crippen LogP contribution in [0.5, 0.6) is 0 Å². The van der Waals surface area contributed by atoms with E-state index in [1.54, 1.807) is 0 Å². The van der Waals surface area contributed by atoms with Crippen molar-refractivity contribution in [2.45, 2.75) is 11.3 Å². The van der Waals surface area contributed by atoms with Crippen LogP contribution in [0.25, 0.3) is 0 Å². The zero-order valence-corrected chi connectivity index (χ0v) is 11.2. The van der Waals surface area contributed by atoms with E-state index in [1.807, 2.05) is 0 Å². The second-order valence-corrected chi connectivity index (χ2v) is 8.27. The Kier molecular flexibility index (Phi) is 3.34. The van der Waals surface area contributed by atoms with Gasteiger partial charge in [0, 0.05) is 13.1 Å². The fourth-order valence-corrected chi connectivity index (χ4v) is 4.66. The first kappa shape index (κ1) is 13.3. The molecular weight excluding hydrogens is 280 g/mol. The van der Waals surface area contributed by atoms with Crippen LogP contribution in [0.3, 0.4) is 0 Å². The van der Waals surface area contributed by atoms with Crippen molar-refractivity contribution in [1.82, 2.24) is 14.5 Å². The third kappa shape index (κ3) is 2.49. The van der Waals surface area contributed by atoms with E-state index in [0.717, 1.165) is 10.5 Å². The summed E-state index contributed by atoms with van der Waals surface area (Å²) in [5.74, 6) is -0.189. The quantitative estimate of drug-likeness (QED) is 0.705. The Balaban J connectivity index is 2.29.